The van der Waals surface area contributed by atoms with Crippen LogP contribution in [0.15, 0.2) is 76.2 Å². The van der Waals surface area contributed by atoms with Crippen molar-refractivity contribution in [2.75, 3.05) is 11.8 Å². The monoisotopic (exact) mass is 428 g/mol. The van der Waals surface area contributed by atoms with Gasteiger partial charge in [0.1, 0.15) is 11.5 Å². The number of methoxy groups -OCH3 is 1. The van der Waals surface area contributed by atoms with E-state index in [0.29, 0.717) is 24.3 Å². The highest BCUT2D eigenvalue weighted by Gasteiger charge is 2.17. The van der Waals surface area contributed by atoms with Crippen LogP contribution in [0.2, 0.25) is 0 Å². The van der Waals surface area contributed by atoms with Crippen molar-refractivity contribution in [1.29, 1.82) is 0 Å². The number of benzene rings is 2. The molecule has 1 amide bonds. The molecule has 1 heterocycles. The highest BCUT2D eigenvalue weighted by atomic mass is 32.2. The van der Waals surface area contributed by atoms with E-state index in [9.17, 15) is 13.2 Å². The van der Waals surface area contributed by atoms with Crippen LogP contribution in [0.3, 0.4) is 0 Å². The largest absolute Gasteiger partial charge is 0.497 e. The predicted molar refractivity (Wildman–Crippen MR) is 114 cm³/mol. The number of nitrogens with one attached hydrogen (secondary N) is 2. The highest BCUT2D eigenvalue weighted by molar-refractivity contribution is 7.92. The molecule has 0 saturated carbocycles. The second kappa shape index (κ2) is 9.49. The van der Waals surface area contributed by atoms with Crippen LogP contribution in [0, 0.1) is 0 Å². The number of aryl methyl sites for hydroxylation is 1. The Hall–Kier alpha value is -3.26. The minimum atomic E-state index is -3.84. The first-order valence-corrected chi connectivity index (χ1v) is 11.0. The number of carbonyl (C=O) groups excluding carboxylic acids is 1. The molecule has 1 unspecified atom stereocenters. The minimum absolute atomic E-state index is 0.00852. The van der Waals surface area contributed by atoms with Gasteiger partial charge in [-0.2, -0.15) is 0 Å². The Kier molecular flexibility index (Phi) is 6.79. The summed E-state index contributed by atoms with van der Waals surface area (Å²) in [5.41, 5.74) is 0.676. The van der Waals surface area contributed by atoms with Crippen molar-refractivity contribution < 1.29 is 22.4 Å². The summed E-state index contributed by atoms with van der Waals surface area (Å²) < 4.78 is 38.3. The van der Waals surface area contributed by atoms with Crippen molar-refractivity contribution in [1.82, 2.24) is 5.32 Å². The molecular formula is C22H24N2O5S. The van der Waals surface area contributed by atoms with Crippen molar-refractivity contribution in [3.05, 3.63) is 78.3 Å². The van der Waals surface area contributed by atoms with E-state index >= 15 is 0 Å². The van der Waals surface area contributed by atoms with Crippen molar-refractivity contribution in [2.45, 2.75) is 30.7 Å². The maximum atomic E-state index is 12.7. The molecular weight excluding hydrogens is 404 g/mol. The van der Waals surface area contributed by atoms with Gasteiger partial charge in [0.15, 0.2) is 0 Å². The molecule has 0 aliphatic heterocycles. The summed E-state index contributed by atoms with van der Waals surface area (Å²) in [4.78, 5) is 12.6. The number of hydrogen-bond acceptors (Lipinski definition) is 5. The van der Waals surface area contributed by atoms with Crippen LogP contribution < -0.4 is 14.8 Å². The van der Waals surface area contributed by atoms with Crippen molar-refractivity contribution in [3.63, 3.8) is 0 Å². The zero-order chi connectivity index (χ0) is 21.6. The van der Waals surface area contributed by atoms with Crippen molar-refractivity contribution in [3.8, 4) is 5.75 Å². The third kappa shape index (κ3) is 5.64. The third-order valence-corrected chi connectivity index (χ3v) is 5.91. The van der Waals surface area contributed by atoms with E-state index in [1.807, 2.05) is 19.1 Å². The number of anilines is 1. The molecule has 3 rings (SSSR count). The van der Waals surface area contributed by atoms with E-state index in [-0.39, 0.29) is 22.4 Å². The molecule has 2 aromatic carbocycles. The summed E-state index contributed by atoms with van der Waals surface area (Å²) in [6, 6.07) is 16.1. The van der Waals surface area contributed by atoms with Gasteiger partial charge >= 0.3 is 0 Å². The van der Waals surface area contributed by atoms with Gasteiger partial charge in [-0.1, -0.05) is 6.07 Å². The Morgan fingerprint density at radius 3 is 2.53 bits per heavy atom. The van der Waals surface area contributed by atoms with E-state index in [4.69, 9.17) is 9.15 Å². The van der Waals surface area contributed by atoms with Gasteiger partial charge in [-0.25, -0.2) is 8.42 Å². The molecule has 30 heavy (non-hydrogen) atoms. The van der Waals surface area contributed by atoms with Gasteiger partial charge in [-0.15, -0.1) is 0 Å². The summed E-state index contributed by atoms with van der Waals surface area (Å²) in [7, 11) is -2.31. The van der Waals surface area contributed by atoms with Crippen LogP contribution in [0.25, 0.3) is 0 Å². The first-order chi connectivity index (χ1) is 14.4. The number of rotatable bonds is 9. The number of amides is 1. The van der Waals surface area contributed by atoms with E-state index in [0.717, 1.165) is 5.76 Å². The van der Waals surface area contributed by atoms with E-state index in [1.165, 1.54) is 19.2 Å². The number of hydrogen-bond donors (Lipinski definition) is 2. The van der Waals surface area contributed by atoms with Crippen molar-refractivity contribution in [2.24, 2.45) is 0 Å². The molecule has 2 N–H and O–H groups in total. The first-order valence-electron chi connectivity index (χ1n) is 9.47. The Morgan fingerprint density at radius 1 is 1.10 bits per heavy atom. The molecule has 1 aromatic heterocycles. The van der Waals surface area contributed by atoms with Gasteiger partial charge in [-0.3, -0.25) is 9.52 Å². The Bertz CT molecular complexity index is 1080. The molecule has 0 aliphatic rings. The molecule has 3 aromatic rings. The zero-order valence-corrected chi connectivity index (χ0v) is 17.6. The summed E-state index contributed by atoms with van der Waals surface area (Å²) in [5, 5.41) is 2.89. The average Bonchev–Trinajstić information content (AvgIpc) is 3.26. The van der Waals surface area contributed by atoms with Gasteiger partial charge < -0.3 is 14.5 Å². The summed E-state index contributed by atoms with van der Waals surface area (Å²) in [6.07, 6.45) is 3.02. The van der Waals surface area contributed by atoms with Crippen LogP contribution in [0.5, 0.6) is 5.75 Å². The fraction of sp³-hybridized carbons (Fsp3) is 0.227. The topological polar surface area (TPSA) is 97.6 Å². The fourth-order valence-corrected chi connectivity index (χ4v) is 3.97. The first kappa shape index (κ1) is 21.4. The lowest BCUT2D eigenvalue weighted by atomic mass is 10.1. The maximum absolute atomic E-state index is 12.7. The molecule has 0 spiro atoms. The number of ether oxygens (including phenoxy) is 1. The molecule has 1 atom stereocenters. The lowest BCUT2D eigenvalue weighted by Gasteiger charge is -2.14. The third-order valence-electron chi connectivity index (χ3n) is 4.53. The molecule has 0 fully saturated rings. The molecule has 158 valence electrons. The van der Waals surface area contributed by atoms with Crippen LogP contribution in [0.4, 0.5) is 5.69 Å². The summed E-state index contributed by atoms with van der Waals surface area (Å²) in [6.45, 7) is 1.90. The summed E-state index contributed by atoms with van der Waals surface area (Å²) in [5.74, 6) is 1.15. The smallest absolute Gasteiger partial charge is 0.261 e. The Morgan fingerprint density at radius 2 is 1.87 bits per heavy atom. The zero-order valence-electron chi connectivity index (χ0n) is 16.8. The van der Waals surface area contributed by atoms with E-state index in [2.05, 4.69) is 10.0 Å². The van der Waals surface area contributed by atoms with E-state index in [1.54, 1.807) is 42.7 Å². The van der Waals surface area contributed by atoms with Gasteiger partial charge in [0.05, 0.1) is 18.3 Å². The molecule has 0 bridgehead atoms. The molecule has 8 heteroatoms. The standard InChI is InChI=1S/C22H24N2O5S/c1-16(8-11-20-6-4-14-29-20)23-22(25)17-5-3-7-21(15-17)30(26,27)24-18-9-12-19(28-2)13-10-18/h3-7,9-10,12-16,24H,8,11H2,1-2H3,(H,23,25). The van der Waals surface area contributed by atoms with Gasteiger partial charge in [0.2, 0.25) is 0 Å². The molecule has 0 aliphatic carbocycles. The SMILES string of the molecule is COc1ccc(NS(=O)(=O)c2cccc(C(=O)NC(C)CCc3ccco3)c2)cc1. The van der Waals surface area contributed by atoms with Crippen LogP contribution >= 0.6 is 0 Å². The molecule has 0 radical (unpaired) electrons. The van der Waals surface area contributed by atoms with Gasteiger partial charge in [-0.05, 0) is 67.9 Å². The van der Waals surface area contributed by atoms with Crippen LogP contribution in [-0.2, 0) is 16.4 Å². The molecule has 0 saturated heterocycles. The quantitative estimate of drug-likeness (QED) is 0.540. The maximum Gasteiger partial charge on any atom is 0.261 e. The predicted octanol–water partition coefficient (Wildman–Crippen LogP) is 3.84. The highest BCUT2D eigenvalue weighted by Crippen LogP contribution is 2.20. The second-order valence-electron chi connectivity index (χ2n) is 6.85. The second-order valence-corrected chi connectivity index (χ2v) is 8.54. The number of carbonyl (C=O) groups is 1. The van der Waals surface area contributed by atoms with Crippen LogP contribution in [0.1, 0.15) is 29.5 Å². The number of sulfonamides is 1. The van der Waals surface area contributed by atoms with Gasteiger partial charge in [0.25, 0.3) is 15.9 Å². The normalized spacial score (nSPS) is 12.2. The van der Waals surface area contributed by atoms with E-state index < -0.39 is 10.0 Å². The minimum Gasteiger partial charge on any atom is -0.497 e. The lowest BCUT2D eigenvalue weighted by molar-refractivity contribution is 0.0938. The Labute approximate surface area is 176 Å². The van der Waals surface area contributed by atoms with Gasteiger partial charge in [0, 0.05) is 23.7 Å². The lowest BCUT2D eigenvalue weighted by Crippen LogP contribution is -2.33. The number of furan rings is 1. The Balaban J connectivity index is 1.65. The van der Waals surface area contributed by atoms with Crippen LogP contribution in [-0.4, -0.2) is 27.5 Å². The van der Waals surface area contributed by atoms with Crippen molar-refractivity contribution >= 4 is 21.6 Å². The summed E-state index contributed by atoms with van der Waals surface area (Å²) >= 11 is 0. The average molecular weight is 429 g/mol. The fourth-order valence-electron chi connectivity index (χ4n) is 2.87. The molecule has 7 nitrogen and oxygen atoms in total.